The van der Waals surface area contributed by atoms with Gasteiger partial charge in [0.2, 0.25) is 0 Å². The summed E-state index contributed by atoms with van der Waals surface area (Å²) in [6.07, 6.45) is 4.57. The predicted molar refractivity (Wildman–Crippen MR) is 76.2 cm³/mol. The van der Waals surface area contributed by atoms with Gasteiger partial charge in [-0.2, -0.15) is 5.10 Å². The average molecular weight is 258 g/mol. The molecule has 1 aliphatic rings. The molecule has 0 radical (unpaired) electrons. The van der Waals surface area contributed by atoms with Crippen LogP contribution in [0.2, 0.25) is 0 Å². The maximum absolute atomic E-state index is 4.51. The molecule has 0 aromatic carbocycles. The molecule has 4 nitrogen and oxygen atoms in total. The number of hydrogen-bond acceptors (Lipinski definition) is 3. The molecule has 102 valence electrons. The first-order valence-electron chi connectivity index (χ1n) is 7.12. The molecule has 2 aromatic heterocycles. The topological polar surface area (TPSA) is 42.2 Å². The van der Waals surface area contributed by atoms with Crippen LogP contribution in [0.3, 0.4) is 0 Å². The van der Waals surface area contributed by atoms with Crippen molar-refractivity contribution in [2.75, 3.05) is 0 Å². The van der Waals surface area contributed by atoms with E-state index in [9.17, 15) is 0 Å². The van der Waals surface area contributed by atoms with Crippen molar-refractivity contribution < 1.29 is 0 Å². The summed E-state index contributed by atoms with van der Waals surface area (Å²) >= 11 is 0. The first-order chi connectivity index (χ1) is 9.04. The minimum atomic E-state index is 0.332. The van der Waals surface area contributed by atoms with Gasteiger partial charge in [-0.05, 0) is 39.5 Å². The average Bonchev–Trinajstić information content (AvgIpc) is 2.69. The van der Waals surface area contributed by atoms with Crippen LogP contribution < -0.4 is 5.32 Å². The Morgan fingerprint density at radius 1 is 1.37 bits per heavy atom. The summed E-state index contributed by atoms with van der Waals surface area (Å²) in [6, 6.07) is 3.01. The van der Waals surface area contributed by atoms with Gasteiger partial charge in [0.25, 0.3) is 0 Å². The van der Waals surface area contributed by atoms with Crippen molar-refractivity contribution in [2.24, 2.45) is 5.92 Å². The fourth-order valence-electron chi connectivity index (χ4n) is 3.08. The van der Waals surface area contributed by atoms with Crippen molar-refractivity contribution in [1.29, 1.82) is 0 Å². The Balaban J connectivity index is 1.85. The molecule has 0 aliphatic heterocycles. The zero-order valence-corrected chi connectivity index (χ0v) is 12.1. The first kappa shape index (κ1) is 12.6. The summed E-state index contributed by atoms with van der Waals surface area (Å²) in [6.45, 7) is 8.66. The third-order valence-corrected chi connectivity index (χ3v) is 4.21. The summed E-state index contributed by atoms with van der Waals surface area (Å²) in [5.74, 6) is 0.875. The number of nitrogens with zero attached hydrogens (tertiary/aromatic N) is 3. The maximum Gasteiger partial charge on any atom is 0.155 e. The second-order valence-corrected chi connectivity index (χ2v) is 6.02. The largest absolute Gasteiger partial charge is 0.307 e. The predicted octanol–water partition coefficient (Wildman–Crippen LogP) is 2.80. The van der Waals surface area contributed by atoms with E-state index < -0.39 is 0 Å². The van der Waals surface area contributed by atoms with Crippen LogP contribution >= 0.6 is 0 Å². The third kappa shape index (κ3) is 2.25. The Hall–Kier alpha value is -1.42. The minimum Gasteiger partial charge on any atom is -0.307 e. The summed E-state index contributed by atoms with van der Waals surface area (Å²) in [5.41, 5.74) is 4.38. The van der Waals surface area contributed by atoms with Crippen molar-refractivity contribution in [3.8, 4) is 0 Å². The number of nitrogens with one attached hydrogen (secondary N) is 1. The van der Waals surface area contributed by atoms with Crippen LogP contribution in [0.1, 0.15) is 49.7 Å². The molecular formula is C15H22N4. The lowest BCUT2D eigenvalue weighted by molar-refractivity contribution is 0.226. The normalized spacial score (nSPS) is 24.4. The fraction of sp³-hybridized carbons (Fsp3) is 0.600. The minimum absolute atomic E-state index is 0.332. The van der Waals surface area contributed by atoms with Crippen molar-refractivity contribution in [3.63, 3.8) is 0 Å². The number of aromatic nitrogens is 3. The summed E-state index contributed by atoms with van der Waals surface area (Å²) in [5, 5.41) is 8.20. The molecule has 19 heavy (non-hydrogen) atoms. The molecule has 1 saturated carbocycles. The van der Waals surface area contributed by atoms with Gasteiger partial charge < -0.3 is 5.32 Å². The molecular weight excluding hydrogens is 236 g/mol. The quantitative estimate of drug-likeness (QED) is 0.920. The van der Waals surface area contributed by atoms with E-state index in [0.29, 0.717) is 12.1 Å². The molecule has 1 atom stereocenters. The molecule has 0 spiro atoms. The van der Waals surface area contributed by atoms with Crippen molar-refractivity contribution in [1.82, 2.24) is 19.9 Å². The van der Waals surface area contributed by atoms with Gasteiger partial charge in [-0.25, -0.2) is 9.50 Å². The molecule has 1 N–H and O–H groups in total. The van der Waals surface area contributed by atoms with E-state index in [1.807, 2.05) is 23.7 Å². The first-order valence-corrected chi connectivity index (χ1v) is 7.12. The molecule has 1 aliphatic carbocycles. The Bertz CT molecular complexity index is 595. The lowest BCUT2D eigenvalue weighted by Gasteiger charge is -2.36. The molecule has 2 heterocycles. The van der Waals surface area contributed by atoms with Crippen LogP contribution in [0, 0.1) is 19.8 Å². The van der Waals surface area contributed by atoms with E-state index >= 15 is 0 Å². The summed E-state index contributed by atoms with van der Waals surface area (Å²) in [7, 11) is 0. The highest BCUT2D eigenvalue weighted by molar-refractivity contribution is 5.42. The Labute approximate surface area is 114 Å². The van der Waals surface area contributed by atoms with E-state index in [2.05, 4.69) is 36.2 Å². The molecule has 3 rings (SSSR count). The highest BCUT2D eigenvalue weighted by Crippen LogP contribution is 2.29. The van der Waals surface area contributed by atoms with E-state index in [0.717, 1.165) is 17.3 Å². The van der Waals surface area contributed by atoms with E-state index in [1.165, 1.54) is 24.1 Å². The van der Waals surface area contributed by atoms with Crippen molar-refractivity contribution >= 4 is 5.65 Å². The monoisotopic (exact) mass is 258 g/mol. The van der Waals surface area contributed by atoms with Crippen molar-refractivity contribution in [3.05, 3.63) is 29.2 Å². The lowest BCUT2D eigenvalue weighted by Crippen LogP contribution is -2.41. The van der Waals surface area contributed by atoms with Crippen molar-refractivity contribution in [2.45, 2.75) is 52.6 Å². The van der Waals surface area contributed by atoms with Gasteiger partial charge in [0.05, 0.1) is 5.69 Å². The van der Waals surface area contributed by atoms with Gasteiger partial charge in [0.15, 0.2) is 5.65 Å². The van der Waals surface area contributed by atoms with Gasteiger partial charge >= 0.3 is 0 Å². The molecule has 2 aromatic rings. The zero-order chi connectivity index (χ0) is 13.6. The maximum atomic E-state index is 4.51. The van der Waals surface area contributed by atoms with E-state index in [-0.39, 0.29) is 0 Å². The molecule has 4 heteroatoms. The van der Waals surface area contributed by atoms with E-state index in [4.69, 9.17) is 0 Å². The molecule has 0 bridgehead atoms. The summed E-state index contributed by atoms with van der Waals surface area (Å²) < 4.78 is 1.95. The lowest BCUT2D eigenvalue weighted by atomic mass is 9.81. The van der Waals surface area contributed by atoms with Gasteiger partial charge in [0.1, 0.15) is 0 Å². The standard InChI is InChI=1S/C15H22N4/c1-9-5-13(6-9)17-11(3)14-8-16-15-7-10(2)18-19(15)12(14)4/h7-9,11,13,17H,5-6H2,1-4H3. The second kappa shape index (κ2) is 4.60. The smallest absolute Gasteiger partial charge is 0.155 e. The van der Waals surface area contributed by atoms with Crippen LogP contribution in [-0.2, 0) is 0 Å². The Morgan fingerprint density at radius 3 is 2.79 bits per heavy atom. The van der Waals surface area contributed by atoms with Crippen LogP contribution in [0.4, 0.5) is 0 Å². The van der Waals surface area contributed by atoms with Gasteiger partial charge in [-0.1, -0.05) is 6.92 Å². The van der Waals surface area contributed by atoms with E-state index in [1.54, 1.807) is 0 Å². The fourth-order valence-corrected chi connectivity index (χ4v) is 3.08. The SMILES string of the molecule is Cc1cc2ncc(C(C)NC3CC(C)C3)c(C)n2n1. The number of rotatable bonds is 3. The highest BCUT2D eigenvalue weighted by atomic mass is 15.3. The molecule has 1 unspecified atom stereocenters. The number of fused-ring (bicyclic) bond motifs is 1. The third-order valence-electron chi connectivity index (χ3n) is 4.21. The van der Waals surface area contributed by atoms with Crippen LogP contribution in [-0.4, -0.2) is 20.6 Å². The molecule has 0 amide bonds. The Morgan fingerprint density at radius 2 is 2.11 bits per heavy atom. The zero-order valence-electron chi connectivity index (χ0n) is 12.1. The second-order valence-electron chi connectivity index (χ2n) is 6.02. The van der Waals surface area contributed by atoms with Gasteiger partial charge in [-0.15, -0.1) is 0 Å². The van der Waals surface area contributed by atoms with Crippen LogP contribution in [0.5, 0.6) is 0 Å². The number of aryl methyl sites for hydroxylation is 2. The highest BCUT2D eigenvalue weighted by Gasteiger charge is 2.27. The van der Waals surface area contributed by atoms with Gasteiger partial charge in [-0.3, -0.25) is 0 Å². The van der Waals surface area contributed by atoms with Crippen LogP contribution in [0.25, 0.3) is 5.65 Å². The summed E-state index contributed by atoms with van der Waals surface area (Å²) in [4.78, 5) is 4.51. The molecule has 0 saturated heterocycles. The Kier molecular flexibility index (Phi) is 3.05. The number of hydrogen-bond donors (Lipinski definition) is 1. The van der Waals surface area contributed by atoms with Crippen LogP contribution in [0.15, 0.2) is 12.3 Å². The molecule has 1 fully saturated rings. The van der Waals surface area contributed by atoms with Gasteiger partial charge in [0, 0.05) is 35.6 Å².